The van der Waals surface area contributed by atoms with Crippen molar-refractivity contribution in [2.75, 3.05) is 19.8 Å². The summed E-state index contributed by atoms with van der Waals surface area (Å²) in [5.41, 5.74) is 0. The lowest BCUT2D eigenvalue weighted by Gasteiger charge is -2.48. The summed E-state index contributed by atoms with van der Waals surface area (Å²) in [7, 11) is 0. The average molecular weight is 876 g/mol. The summed E-state index contributed by atoms with van der Waals surface area (Å²) >= 11 is 0. The zero-order valence-corrected chi connectivity index (χ0v) is 32.3. The van der Waals surface area contributed by atoms with E-state index in [0.29, 0.717) is 6.42 Å². The number of ether oxygens (including phenoxy) is 8. The van der Waals surface area contributed by atoms with E-state index in [2.05, 4.69) is 0 Å². The fourth-order valence-electron chi connectivity index (χ4n) is 9.17. The van der Waals surface area contributed by atoms with Crippen LogP contribution in [0.2, 0.25) is 0 Å². The Hall–Kier alpha value is -1.86. The van der Waals surface area contributed by atoms with E-state index in [1.54, 1.807) is 0 Å². The Morgan fingerprint density at radius 2 is 1.17 bits per heavy atom. The van der Waals surface area contributed by atoms with Crippen molar-refractivity contribution in [3.05, 3.63) is 0 Å². The fourth-order valence-corrected chi connectivity index (χ4v) is 9.17. The number of esters is 1. The number of aliphatic hydroxyl groups excluding tert-OH is 13. The molecule has 9 unspecified atom stereocenters. The van der Waals surface area contributed by atoms with Gasteiger partial charge in [0.05, 0.1) is 43.5 Å². The van der Waals surface area contributed by atoms with Gasteiger partial charge in [-0.1, -0.05) is 0 Å². The Bertz CT molecular complexity index is 1410. The maximum Gasteiger partial charge on any atom is 0.317 e. The van der Waals surface area contributed by atoms with E-state index in [1.807, 2.05) is 0 Å². The van der Waals surface area contributed by atoms with Crippen LogP contribution in [0.1, 0.15) is 44.9 Å². The highest BCUT2D eigenvalue weighted by atomic mass is 16.7. The van der Waals surface area contributed by atoms with Gasteiger partial charge in [-0.15, -0.1) is 0 Å². The van der Waals surface area contributed by atoms with Crippen molar-refractivity contribution >= 4 is 11.9 Å². The van der Waals surface area contributed by atoms with Gasteiger partial charge in [-0.3, -0.25) is 9.59 Å². The fraction of sp³-hybridized carbons (Fsp3) is 0.944. The van der Waals surface area contributed by atoms with E-state index in [1.165, 1.54) is 0 Å². The number of carboxylic acid groups (broad SMARTS) is 1. The number of aliphatic hydroxyl groups is 15. The monoisotopic (exact) mass is 875 g/mol. The first-order chi connectivity index (χ1) is 28.4. The van der Waals surface area contributed by atoms with E-state index < -0.39 is 179 Å². The van der Waals surface area contributed by atoms with Gasteiger partial charge in [0.25, 0.3) is 0 Å². The molecular weight excluding hydrogens is 816 g/mol. The second-order valence-corrected chi connectivity index (χ2v) is 16.6. The van der Waals surface area contributed by atoms with Crippen molar-refractivity contribution in [2.24, 2.45) is 11.8 Å². The van der Waals surface area contributed by atoms with Crippen LogP contribution in [0.3, 0.4) is 0 Å². The molecule has 60 heavy (non-hydrogen) atoms. The van der Waals surface area contributed by atoms with Crippen molar-refractivity contribution in [3.63, 3.8) is 0 Å². The van der Waals surface area contributed by atoms with Gasteiger partial charge in [-0.2, -0.15) is 0 Å². The van der Waals surface area contributed by atoms with Gasteiger partial charge in [0, 0.05) is 18.8 Å². The number of carbonyl (C=O) groups excluding carboxylic acids is 1. The van der Waals surface area contributed by atoms with Crippen LogP contribution in [0.5, 0.6) is 0 Å². The van der Waals surface area contributed by atoms with Crippen molar-refractivity contribution < 1.29 is 119 Å². The van der Waals surface area contributed by atoms with Crippen LogP contribution in [-0.4, -0.2) is 243 Å². The molecule has 0 aromatic rings. The van der Waals surface area contributed by atoms with Gasteiger partial charge in [0.1, 0.15) is 92.4 Å². The molecule has 0 radical (unpaired) electrons. The van der Waals surface area contributed by atoms with Gasteiger partial charge in [-0.05, 0) is 25.7 Å². The van der Waals surface area contributed by atoms with E-state index in [-0.39, 0.29) is 38.0 Å². The Balaban J connectivity index is 1.10. The van der Waals surface area contributed by atoms with Crippen LogP contribution >= 0.6 is 0 Å². The molecule has 6 aliphatic rings. The van der Waals surface area contributed by atoms with Crippen molar-refractivity contribution in [1.29, 1.82) is 0 Å². The van der Waals surface area contributed by atoms with Gasteiger partial charge in [-0.25, -0.2) is 0 Å². The van der Waals surface area contributed by atoms with Crippen LogP contribution in [0.4, 0.5) is 0 Å². The standard InChI is InChI=1S/C36H58O24/c37-8-19-24(45)27(48)29(50)34(57-19)56-17-2-1-11(3-15(17)40)32-16(41)6-13-14(39)4-12(5-18(13)55-32)54-36-31(52)33(26(47)21(59-36)10-53-23(44)7-22(42)43)60-35-30(51)28(49)25(46)20(9-38)58-35/h11-21,24-41,45-52H,1-10H2,(H,42,43)/p+1/t11?,12?,13?,14?,15?,16?,17?,18?,19-,20-,21-,24-,25-,26-,27+,28+,29-,30-,31-,32?,33+,34-,35+,36-/m1/s1. The van der Waals surface area contributed by atoms with E-state index in [9.17, 15) is 76.0 Å². The molecule has 0 spiro atoms. The first-order valence-corrected chi connectivity index (χ1v) is 20.1. The number of aliphatic carboxylic acids is 1. The zero-order valence-electron chi connectivity index (χ0n) is 32.3. The van der Waals surface area contributed by atoms with E-state index in [0.717, 1.165) is 0 Å². The average Bonchev–Trinajstić information content (AvgIpc) is 3.20. The molecule has 0 amide bonds. The van der Waals surface area contributed by atoms with Gasteiger partial charge in [0.2, 0.25) is 0 Å². The van der Waals surface area contributed by atoms with Gasteiger partial charge < -0.3 is 109 Å². The summed E-state index contributed by atoms with van der Waals surface area (Å²) in [6.45, 7) is -2.23. The van der Waals surface area contributed by atoms with Crippen LogP contribution in [0.25, 0.3) is 0 Å². The van der Waals surface area contributed by atoms with Crippen LogP contribution < -0.4 is 0 Å². The number of rotatable bonds is 13. The minimum absolute atomic E-state index is 0.0289. The van der Waals surface area contributed by atoms with Gasteiger partial charge in [0.15, 0.2) is 31.1 Å². The first kappa shape index (κ1) is 47.6. The van der Waals surface area contributed by atoms with Crippen LogP contribution in [-0.2, 0) is 42.7 Å². The minimum atomic E-state index is -1.94. The number of carboxylic acids is 1. The number of hydrogen-bond donors (Lipinski definition) is 14. The van der Waals surface area contributed by atoms with Crippen molar-refractivity contribution in [1.82, 2.24) is 0 Å². The highest BCUT2D eigenvalue weighted by Gasteiger charge is 2.56. The second-order valence-electron chi connectivity index (χ2n) is 16.6. The molecule has 2 aliphatic carbocycles. The Morgan fingerprint density at radius 3 is 1.75 bits per heavy atom. The Morgan fingerprint density at radius 1 is 0.583 bits per heavy atom. The molecule has 0 aromatic carbocycles. The van der Waals surface area contributed by atoms with Crippen LogP contribution in [0, 0.1) is 11.8 Å². The summed E-state index contributed by atoms with van der Waals surface area (Å²) in [6, 6.07) is 0. The number of carbonyl (C=O) groups is 2. The normalized spacial score (nSPS) is 50.1. The maximum atomic E-state index is 12.1. The zero-order chi connectivity index (χ0) is 43.7. The molecular formula is C36H59O24+. The number of fused-ring (bicyclic) bond motifs is 1. The topological polar surface area (TPSA) is 395 Å². The molecule has 346 valence electrons. The molecule has 2 saturated carbocycles. The highest BCUT2D eigenvalue weighted by Crippen LogP contribution is 2.42. The quantitative estimate of drug-likeness (QED) is 0.0464. The summed E-state index contributed by atoms with van der Waals surface area (Å²) in [4.78, 5) is 23.1. The molecule has 0 bridgehead atoms. The molecule has 24 atom stereocenters. The summed E-state index contributed by atoms with van der Waals surface area (Å²) in [5.74, 6) is -3.55. The predicted octanol–water partition coefficient (Wildman–Crippen LogP) is -7.83. The molecule has 0 aromatic heterocycles. The molecule has 6 rings (SSSR count). The summed E-state index contributed by atoms with van der Waals surface area (Å²) < 4.78 is 44.1. The van der Waals surface area contributed by atoms with E-state index >= 15 is 0 Å². The molecule has 24 nitrogen and oxygen atoms in total. The smallest absolute Gasteiger partial charge is 0.317 e. The van der Waals surface area contributed by atoms with Crippen molar-refractivity contribution in [2.45, 2.75) is 180 Å². The molecule has 4 heterocycles. The van der Waals surface area contributed by atoms with Crippen molar-refractivity contribution in [3.8, 4) is 0 Å². The maximum absolute atomic E-state index is 12.1. The molecule has 15 N–H and O–H groups in total. The largest absolute Gasteiger partial charge is 0.481 e. The SMILES string of the molecule is O=C(O)CC(=O)OC[C@H]1O[C@@H](OC2CC(O)C3CC(O)C(C4CCC(O[C@@H]5O[C@H](CO)[C@@H](O)[C@H](O)[C@H]5O)C(O)C4)[OH+]C3C2)[C@H](O)[C@@H](O[C@@H]2O[C@H](CO)[C@@H](O)[C@H](O)[C@H]2O)[C@@H]1O. The van der Waals surface area contributed by atoms with Crippen LogP contribution in [0.15, 0.2) is 0 Å². The Kier molecular flexibility index (Phi) is 16.1. The third-order valence-electron chi connectivity index (χ3n) is 12.5. The lowest BCUT2D eigenvalue weighted by Crippen LogP contribution is -2.65. The third-order valence-corrected chi connectivity index (χ3v) is 12.5. The lowest BCUT2D eigenvalue weighted by atomic mass is 9.72. The molecule has 6 fully saturated rings. The van der Waals surface area contributed by atoms with E-state index in [4.69, 9.17) is 43.0 Å². The summed E-state index contributed by atoms with van der Waals surface area (Å²) in [5, 5.41) is 146. The minimum Gasteiger partial charge on any atom is -0.481 e. The summed E-state index contributed by atoms with van der Waals surface area (Å²) in [6.07, 6.45) is -31.5. The first-order valence-electron chi connectivity index (χ1n) is 20.1. The molecule has 4 saturated heterocycles. The Labute approximate surface area is 342 Å². The van der Waals surface area contributed by atoms with Gasteiger partial charge >= 0.3 is 11.9 Å². The molecule has 4 aliphatic heterocycles. The number of hydrogen-bond acceptors (Lipinski definition) is 22. The third kappa shape index (κ3) is 10.4. The predicted molar refractivity (Wildman–Crippen MR) is 189 cm³/mol. The second kappa shape index (κ2) is 20.3. The lowest BCUT2D eigenvalue weighted by molar-refractivity contribution is -0.368. The molecule has 24 heteroatoms. The highest BCUT2D eigenvalue weighted by molar-refractivity contribution is 5.90.